The number of hydrogen-bond acceptors (Lipinski definition) is 6. The third kappa shape index (κ3) is 3.40. The second kappa shape index (κ2) is 7.16. The number of carbonyl (C=O) groups is 1. The number of amides is 1. The highest BCUT2D eigenvalue weighted by Crippen LogP contribution is 2.25. The van der Waals surface area contributed by atoms with Gasteiger partial charge in [-0.05, 0) is 37.1 Å². The summed E-state index contributed by atoms with van der Waals surface area (Å²) in [4.78, 5) is 23.2. The Kier molecular flexibility index (Phi) is 4.79. The Balaban J connectivity index is 1.72. The number of anilines is 2. The van der Waals surface area contributed by atoms with E-state index in [1.54, 1.807) is 26.5 Å². The van der Waals surface area contributed by atoms with E-state index < -0.39 is 0 Å². The van der Waals surface area contributed by atoms with Crippen molar-refractivity contribution < 1.29 is 14.3 Å². The van der Waals surface area contributed by atoms with E-state index in [-0.39, 0.29) is 11.9 Å². The molecule has 1 aliphatic heterocycles. The lowest BCUT2D eigenvalue weighted by Crippen LogP contribution is -2.40. The maximum absolute atomic E-state index is 12.6. The molecule has 1 atom stereocenters. The molecule has 3 rings (SSSR count). The number of carbonyl (C=O) groups excluding carboxylic acids is 1. The molecule has 24 heavy (non-hydrogen) atoms. The van der Waals surface area contributed by atoms with Crippen LogP contribution in [0.2, 0.25) is 0 Å². The topological polar surface area (TPSA) is 76.6 Å². The number of nitrogens with one attached hydrogen (secondary N) is 1. The first kappa shape index (κ1) is 16.0. The predicted molar refractivity (Wildman–Crippen MR) is 90.6 cm³/mol. The summed E-state index contributed by atoms with van der Waals surface area (Å²) < 4.78 is 10.3. The maximum Gasteiger partial charge on any atom is 0.247 e. The van der Waals surface area contributed by atoms with Gasteiger partial charge < -0.3 is 19.7 Å². The summed E-state index contributed by atoms with van der Waals surface area (Å²) in [6.07, 6.45) is 3.32. The summed E-state index contributed by atoms with van der Waals surface area (Å²) in [5.74, 6) is 1.69. The van der Waals surface area contributed by atoms with Gasteiger partial charge in [0.15, 0.2) is 0 Å². The van der Waals surface area contributed by atoms with E-state index in [1.807, 2.05) is 29.2 Å². The van der Waals surface area contributed by atoms with Crippen LogP contribution in [0.25, 0.3) is 0 Å². The van der Waals surface area contributed by atoms with Crippen LogP contribution >= 0.6 is 0 Å². The Morgan fingerprint density at radius 2 is 2.00 bits per heavy atom. The molecule has 7 nitrogen and oxygen atoms in total. The highest BCUT2D eigenvalue weighted by Gasteiger charge is 2.32. The number of rotatable bonds is 5. The fourth-order valence-electron chi connectivity index (χ4n) is 2.76. The zero-order valence-electron chi connectivity index (χ0n) is 13.7. The van der Waals surface area contributed by atoms with Gasteiger partial charge in [-0.2, -0.15) is 4.98 Å². The Morgan fingerprint density at radius 1 is 1.21 bits per heavy atom. The van der Waals surface area contributed by atoms with Gasteiger partial charge in [-0.25, -0.2) is 4.98 Å². The van der Waals surface area contributed by atoms with Crippen LogP contribution in [0.3, 0.4) is 0 Å². The second-order valence-electron chi connectivity index (χ2n) is 5.47. The Hall–Kier alpha value is -2.83. The molecule has 0 aliphatic carbocycles. The SMILES string of the molecule is COc1ccc(NC(=O)C2CCCN2c2nccc(OC)n2)cc1. The molecule has 1 aromatic carbocycles. The number of hydrogen-bond donors (Lipinski definition) is 1. The normalized spacial score (nSPS) is 16.8. The average molecular weight is 328 g/mol. The summed E-state index contributed by atoms with van der Waals surface area (Å²) in [6.45, 7) is 0.744. The number of aromatic nitrogens is 2. The Labute approximate surface area is 140 Å². The fourth-order valence-corrected chi connectivity index (χ4v) is 2.76. The summed E-state index contributed by atoms with van der Waals surface area (Å²) in [6, 6.07) is 8.65. The van der Waals surface area contributed by atoms with Gasteiger partial charge in [0.25, 0.3) is 0 Å². The molecule has 1 amide bonds. The van der Waals surface area contributed by atoms with Crippen molar-refractivity contribution in [3.63, 3.8) is 0 Å². The van der Waals surface area contributed by atoms with Gasteiger partial charge in [0.1, 0.15) is 11.8 Å². The van der Waals surface area contributed by atoms with E-state index in [1.165, 1.54) is 0 Å². The highest BCUT2D eigenvalue weighted by molar-refractivity contribution is 5.97. The molecule has 7 heteroatoms. The third-order valence-corrected chi connectivity index (χ3v) is 4.00. The van der Waals surface area contributed by atoms with Crippen LogP contribution in [-0.2, 0) is 4.79 Å². The Morgan fingerprint density at radius 3 is 2.71 bits per heavy atom. The van der Waals surface area contributed by atoms with Crippen molar-refractivity contribution in [1.82, 2.24) is 9.97 Å². The zero-order chi connectivity index (χ0) is 16.9. The second-order valence-corrected chi connectivity index (χ2v) is 5.47. The van der Waals surface area contributed by atoms with Gasteiger partial charge in [0, 0.05) is 24.5 Å². The van der Waals surface area contributed by atoms with E-state index >= 15 is 0 Å². The quantitative estimate of drug-likeness (QED) is 0.906. The van der Waals surface area contributed by atoms with Crippen molar-refractivity contribution in [2.24, 2.45) is 0 Å². The number of nitrogens with zero attached hydrogens (tertiary/aromatic N) is 3. The fraction of sp³-hybridized carbons (Fsp3) is 0.353. The third-order valence-electron chi connectivity index (χ3n) is 4.00. The van der Waals surface area contributed by atoms with Crippen molar-refractivity contribution in [1.29, 1.82) is 0 Å². The molecular formula is C17H20N4O3. The van der Waals surface area contributed by atoms with Gasteiger partial charge in [-0.3, -0.25) is 4.79 Å². The number of methoxy groups -OCH3 is 2. The van der Waals surface area contributed by atoms with E-state index in [0.717, 1.165) is 30.8 Å². The molecule has 2 heterocycles. The largest absolute Gasteiger partial charge is 0.497 e. The molecule has 1 unspecified atom stereocenters. The van der Waals surface area contributed by atoms with Crippen LogP contribution < -0.4 is 19.7 Å². The van der Waals surface area contributed by atoms with Gasteiger partial charge in [-0.1, -0.05) is 0 Å². The predicted octanol–water partition coefficient (Wildman–Crippen LogP) is 2.10. The minimum Gasteiger partial charge on any atom is -0.497 e. The van der Waals surface area contributed by atoms with Crippen LogP contribution in [0.1, 0.15) is 12.8 Å². The lowest BCUT2D eigenvalue weighted by molar-refractivity contribution is -0.117. The van der Waals surface area contributed by atoms with Crippen molar-refractivity contribution in [2.45, 2.75) is 18.9 Å². The molecule has 1 fully saturated rings. The van der Waals surface area contributed by atoms with Crippen LogP contribution in [-0.4, -0.2) is 42.7 Å². The average Bonchev–Trinajstić information content (AvgIpc) is 3.12. The number of ether oxygens (including phenoxy) is 2. The van der Waals surface area contributed by atoms with Gasteiger partial charge in [0.05, 0.1) is 14.2 Å². The van der Waals surface area contributed by atoms with E-state index in [0.29, 0.717) is 11.8 Å². The van der Waals surface area contributed by atoms with Gasteiger partial charge >= 0.3 is 0 Å². The van der Waals surface area contributed by atoms with E-state index in [2.05, 4.69) is 15.3 Å². The molecule has 1 aromatic heterocycles. The molecule has 1 aliphatic rings. The van der Waals surface area contributed by atoms with Crippen LogP contribution in [0.4, 0.5) is 11.6 Å². The van der Waals surface area contributed by atoms with Gasteiger partial charge in [0.2, 0.25) is 17.7 Å². The first-order valence-electron chi connectivity index (χ1n) is 7.80. The van der Waals surface area contributed by atoms with Crippen LogP contribution in [0, 0.1) is 0 Å². The standard InChI is InChI=1S/C17H20N4O3/c1-23-13-7-5-12(6-8-13)19-16(22)14-4-3-11-21(14)17-18-10-9-15(20-17)24-2/h5-10,14H,3-4,11H2,1-2H3,(H,19,22). The monoisotopic (exact) mass is 328 g/mol. The molecule has 0 saturated carbocycles. The first-order valence-corrected chi connectivity index (χ1v) is 7.80. The van der Waals surface area contributed by atoms with Crippen molar-refractivity contribution in [3.8, 4) is 11.6 Å². The zero-order valence-corrected chi connectivity index (χ0v) is 13.7. The first-order chi connectivity index (χ1) is 11.7. The molecule has 0 radical (unpaired) electrons. The maximum atomic E-state index is 12.6. The van der Waals surface area contributed by atoms with Crippen molar-refractivity contribution >= 4 is 17.5 Å². The minimum atomic E-state index is -0.292. The van der Waals surface area contributed by atoms with Gasteiger partial charge in [-0.15, -0.1) is 0 Å². The summed E-state index contributed by atoms with van der Waals surface area (Å²) >= 11 is 0. The van der Waals surface area contributed by atoms with Crippen LogP contribution in [0.15, 0.2) is 36.5 Å². The molecule has 2 aromatic rings. The van der Waals surface area contributed by atoms with Crippen LogP contribution in [0.5, 0.6) is 11.6 Å². The lowest BCUT2D eigenvalue weighted by Gasteiger charge is -2.24. The summed E-state index contributed by atoms with van der Waals surface area (Å²) in [5.41, 5.74) is 0.735. The van der Waals surface area contributed by atoms with Crippen molar-refractivity contribution in [2.75, 3.05) is 31.0 Å². The molecule has 0 spiro atoms. The number of benzene rings is 1. The molecule has 1 saturated heterocycles. The molecular weight excluding hydrogens is 308 g/mol. The minimum absolute atomic E-state index is 0.0657. The lowest BCUT2D eigenvalue weighted by atomic mass is 10.2. The smallest absolute Gasteiger partial charge is 0.247 e. The summed E-state index contributed by atoms with van der Waals surface area (Å²) in [5, 5.41) is 2.94. The molecule has 1 N–H and O–H groups in total. The van der Waals surface area contributed by atoms with E-state index in [4.69, 9.17) is 9.47 Å². The molecule has 126 valence electrons. The highest BCUT2D eigenvalue weighted by atomic mass is 16.5. The van der Waals surface area contributed by atoms with Crippen molar-refractivity contribution in [3.05, 3.63) is 36.5 Å². The Bertz CT molecular complexity index is 705. The van der Waals surface area contributed by atoms with E-state index in [9.17, 15) is 4.79 Å². The summed E-state index contributed by atoms with van der Waals surface area (Å²) in [7, 11) is 3.17. The molecule has 0 bridgehead atoms.